The van der Waals surface area contributed by atoms with Crippen LogP contribution in [0.1, 0.15) is 36.4 Å². The molecule has 1 N–H and O–H groups in total. The van der Waals surface area contributed by atoms with Crippen LogP contribution in [0.25, 0.3) is 0 Å². The van der Waals surface area contributed by atoms with Gasteiger partial charge in [-0.2, -0.15) is 4.31 Å². The summed E-state index contributed by atoms with van der Waals surface area (Å²) in [5, 5.41) is 9.75. The Kier molecular flexibility index (Phi) is 8.67. The number of rotatable bonds is 11. The summed E-state index contributed by atoms with van der Waals surface area (Å²) in [6.45, 7) is 3.46. The topological polar surface area (TPSA) is 115 Å². The molecule has 5 rings (SSSR count). The van der Waals surface area contributed by atoms with Gasteiger partial charge in [-0.15, -0.1) is 0 Å². The number of hydrogen-bond acceptors (Lipinski definition) is 8. The van der Waals surface area contributed by atoms with Crippen LogP contribution in [0.2, 0.25) is 0 Å². The Hall–Kier alpha value is -3.80. The van der Waals surface area contributed by atoms with E-state index in [1.165, 1.54) is 4.31 Å². The fourth-order valence-corrected chi connectivity index (χ4v) is 7.16. The number of ether oxygens (including phenoxy) is 4. The smallest absolute Gasteiger partial charge is 0.497 e. The highest BCUT2D eigenvalue weighted by atomic mass is 32.2. The minimum absolute atomic E-state index is 0.127. The van der Waals surface area contributed by atoms with E-state index in [2.05, 4.69) is 4.90 Å². The van der Waals surface area contributed by atoms with Crippen molar-refractivity contribution in [1.29, 1.82) is 0 Å². The van der Waals surface area contributed by atoms with Crippen molar-refractivity contribution in [3.8, 4) is 17.2 Å². The van der Waals surface area contributed by atoms with Gasteiger partial charge >= 0.3 is 6.16 Å². The van der Waals surface area contributed by atoms with Crippen LogP contribution >= 0.6 is 0 Å². The summed E-state index contributed by atoms with van der Waals surface area (Å²) >= 11 is 0. The number of hydrogen-bond donors (Lipinski definition) is 1. The Labute approximate surface area is 240 Å². The first-order chi connectivity index (χ1) is 19.8. The number of likely N-dealkylation sites (tertiary alicyclic amines) is 1. The van der Waals surface area contributed by atoms with Crippen LogP contribution in [-0.4, -0.2) is 75.1 Å². The van der Waals surface area contributed by atoms with E-state index in [4.69, 9.17) is 18.9 Å². The number of sulfonamides is 1. The van der Waals surface area contributed by atoms with E-state index in [1.54, 1.807) is 37.4 Å². The van der Waals surface area contributed by atoms with E-state index in [-0.39, 0.29) is 24.2 Å². The maximum Gasteiger partial charge on any atom is 0.506 e. The maximum absolute atomic E-state index is 13.5. The third-order valence-corrected chi connectivity index (χ3v) is 9.45. The molecule has 0 unspecified atom stereocenters. The summed E-state index contributed by atoms with van der Waals surface area (Å²) < 4.78 is 50.5. The van der Waals surface area contributed by atoms with Crippen LogP contribution in [0.15, 0.2) is 77.7 Å². The second kappa shape index (κ2) is 12.4. The van der Waals surface area contributed by atoms with Crippen molar-refractivity contribution >= 4 is 16.2 Å². The van der Waals surface area contributed by atoms with Crippen molar-refractivity contribution in [3.63, 3.8) is 0 Å². The maximum atomic E-state index is 13.5. The van der Waals surface area contributed by atoms with Gasteiger partial charge in [0.05, 0.1) is 18.0 Å². The zero-order valence-corrected chi connectivity index (χ0v) is 23.8. The van der Waals surface area contributed by atoms with Gasteiger partial charge in [-0.05, 0) is 53.9 Å². The Morgan fingerprint density at radius 1 is 1.00 bits per heavy atom. The highest BCUT2D eigenvalue weighted by Crippen LogP contribution is 2.45. The molecule has 0 amide bonds. The monoisotopic (exact) mass is 582 g/mol. The molecule has 1 fully saturated rings. The number of nitrogens with zero attached hydrogens (tertiary/aromatic N) is 2. The number of methoxy groups -OCH3 is 1. The molecule has 218 valence electrons. The lowest BCUT2D eigenvalue weighted by atomic mass is 9.90. The van der Waals surface area contributed by atoms with Gasteiger partial charge in [0.2, 0.25) is 16.8 Å². The Morgan fingerprint density at radius 3 is 2.39 bits per heavy atom. The van der Waals surface area contributed by atoms with Crippen LogP contribution in [0.3, 0.4) is 0 Å². The third kappa shape index (κ3) is 6.12. The van der Waals surface area contributed by atoms with Crippen molar-refractivity contribution in [2.75, 3.05) is 40.1 Å². The van der Waals surface area contributed by atoms with Gasteiger partial charge in [-0.3, -0.25) is 4.90 Å². The van der Waals surface area contributed by atoms with E-state index in [0.717, 1.165) is 11.1 Å². The molecule has 0 spiro atoms. The van der Waals surface area contributed by atoms with E-state index in [0.29, 0.717) is 43.3 Å². The fourth-order valence-electron chi connectivity index (χ4n) is 5.61. The highest BCUT2D eigenvalue weighted by Gasteiger charge is 2.46. The lowest BCUT2D eigenvalue weighted by Gasteiger charge is -2.30. The largest absolute Gasteiger partial charge is 0.506 e. The molecule has 41 heavy (non-hydrogen) atoms. The molecule has 0 aliphatic carbocycles. The van der Waals surface area contributed by atoms with Gasteiger partial charge in [-0.1, -0.05) is 43.3 Å². The van der Waals surface area contributed by atoms with Crippen molar-refractivity contribution in [2.45, 2.75) is 36.3 Å². The summed E-state index contributed by atoms with van der Waals surface area (Å²) in [5.41, 5.74) is 1.69. The lowest BCUT2D eigenvalue weighted by molar-refractivity contribution is 0.0283. The summed E-state index contributed by atoms with van der Waals surface area (Å²) in [5.74, 6) is 1.56. The van der Waals surface area contributed by atoms with Gasteiger partial charge in [0, 0.05) is 32.1 Å². The van der Waals surface area contributed by atoms with Gasteiger partial charge in [0.25, 0.3) is 0 Å². The molecular weight excluding hydrogens is 548 g/mol. The highest BCUT2D eigenvalue weighted by molar-refractivity contribution is 7.89. The minimum Gasteiger partial charge on any atom is -0.497 e. The molecule has 10 nitrogen and oxygen atoms in total. The van der Waals surface area contributed by atoms with Crippen molar-refractivity contribution in [1.82, 2.24) is 9.21 Å². The summed E-state index contributed by atoms with van der Waals surface area (Å²) in [6, 6.07) is 20.9. The molecular formula is C30H34N2O8S. The predicted octanol–water partition coefficient (Wildman–Crippen LogP) is 4.73. The van der Waals surface area contributed by atoms with Gasteiger partial charge in [0.15, 0.2) is 11.5 Å². The standard InChI is InChI=1S/C30H34N2O8S/c1-3-15-32(41(35,36)24-7-5-4-6-8-24)17-16-31-19-25(22-11-14-26-27(18-22)39-20-38-26)29(40-30(33)34)28(31)21-9-12-23(37-2)13-10-21/h4-14,18,25,28-29H,3,15-17,19-20H2,1-2H3,(H,33,34)/t25-,28-,29+/m1/s1. The average molecular weight is 583 g/mol. The van der Waals surface area contributed by atoms with Crippen molar-refractivity contribution in [3.05, 3.63) is 83.9 Å². The second-order valence-corrected chi connectivity index (χ2v) is 11.9. The average Bonchev–Trinajstić information content (AvgIpc) is 3.59. The Bertz CT molecular complexity index is 1450. The molecule has 1 saturated heterocycles. The predicted molar refractivity (Wildman–Crippen MR) is 151 cm³/mol. The molecule has 3 atom stereocenters. The zero-order chi connectivity index (χ0) is 29.0. The van der Waals surface area contributed by atoms with Gasteiger partial charge in [-0.25, -0.2) is 13.2 Å². The molecule has 2 aliphatic heterocycles. The quantitative estimate of drug-likeness (QED) is 0.321. The SMILES string of the molecule is CCCN(CCN1C[C@H](c2ccc3c(c2)OCO3)[C@H](OC(=O)O)[C@H]1c1ccc(OC)cc1)S(=O)(=O)c1ccccc1. The summed E-state index contributed by atoms with van der Waals surface area (Å²) in [7, 11) is -2.14. The van der Waals surface area contributed by atoms with Crippen LogP contribution in [-0.2, 0) is 14.8 Å². The Balaban J connectivity index is 1.49. The first kappa shape index (κ1) is 28.7. The van der Waals surface area contributed by atoms with E-state index in [9.17, 15) is 18.3 Å². The molecule has 3 aromatic carbocycles. The van der Waals surface area contributed by atoms with Gasteiger partial charge < -0.3 is 24.1 Å². The van der Waals surface area contributed by atoms with E-state index in [1.807, 2.05) is 49.4 Å². The van der Waals surface area contributed by atoms with Crippen LogP contribution in [0, 0.1) is 0 Å². The minimum atomic E-state index is -3.72. The van der Waals surface area contributed by atoms with E-state index >= 15 is 0 Å². The number of fused-ring (bicyclic) bond motifs is 1. The zero-order valence-electron chi connectivity index (χ0n) is 23.0. The van der Waals surface area contributed by atoms with E-state index < -0.39 is 28.3 Å². The first-order valence-corrected chi connectivity index (χ1v) is 15.0. The Morgan fingerprint density at radius 2 is 1.71 bits per heavy atom. The second-order valence-electron chi connectivity index (χ2n) is 10.00. The van der Waals surface area contributed by atoms with Crippen molar-refractivity contribution < 1.29 is 37.3 Å². The normalized spacial score (nSPS) is 20.3. The van der Waals surface area contributed by atoms with Crippen LogP contribution < -0.4 is 14.2 Å². The lowest BCUT2D eigenvalue weighted by Crippen LogP contribution is -2.40. The number of benzene rings is 3. The first-order valence-electron chi connectivity index (χ1n) is 13.5. The number of carbonyl (C=O) groups is 1. The molecule has 3 aromatic rings. The molecule has 0 radical (unpaired) electrons. The molecule has 0 saturated carbocycles. The summed E-state index contributed by atoms with van der Waals surface area (Å²) in [6.07, 6.45) is -1.48. The molecule has 0 bridgehead atoms. The van der Waals surface area contributed by atoms with Crippen LogP contribution in [0.4, 0.5) is 4.79 Å². The molecule has 2 aliphatic rings. The molecule has 2 heterocycles. The molecule has 11 heteroatoms. The third-order valence-electron chi connectivity index (χ3n) is 7.54. The number of carboxylic acid groups (broad SMARTS) is 1. The fraction of sp³-hybridized carbons (Fsp3) is 0.367. The van der Waals surface area contributed by atoms with Gasteiger partial charge in [0.1, 0.15) is 11.9 Å². The molecule has 0 aromatic heterocycles. The summed E-state index contributed by atoms with van der Waals surface area (Å²) in [4.78, 5) is 14.3. The van der Waals surface area contributed by atoms with Crippen molar-refractivity contribution in [2.24, 2.45) is 0 Å². The van der Waals surface area contributed by atoms with Crippen LogP contribution in [0.5, 0.6) is 17.2 Å².